The van der Waals surface area contributed by atoms with Crippen molar-refractivity contribution < 1.29 is 9.59 Å². The molecule has 2 aromatic rings. The smallest absolute Gasteiger partial charge is 0.228 e. The highest BCUT2D eigenvalue weighted by molar-refractivity contribution is 5.91. The fraction of sp³-hybridized carbons (Fsp3) is 0.481. The fourth-order valence-electron chi connectivity index (χ4n) is 3.70. The summed E-state index contributed by atoms with van der Waals surface area (Å²) in [7, 11) is 3.99. The first-order valence-corrected chi connectivity index (χ1v) is 11.5. The molecule has 0 spiro atoms. The van der Waals surface area contributed by atoms with Crippen LogP contribution in [0.1, 0.15) is 71.0 Å². The highest BCUT2D eigenvalue weighted by Gasteiger charge is 2.31. The van der Waals surface area contributed by atoms with E-state index in [9.17, 15) is 9.59 Å². The van der Waals surface area contributed by atoms with Gasteiger partial charge in [0.25, 0.3) is 0 Å². The Labute approximate surface area is 193 Å². The number of amides is 2. The van der Waals surface area contributed by atoms with Crippen LogP contribution in [0.5, 0.6) is 0 Å². The summed E-state index contributed by atoms with van der Waals surface area (Å²) in [4.78, 5) is 29.8. The number of nitrogens with zero attached hydrogens (tertiary/aromatic N) is 2. The number of hydrogen-bond acceptors (Lipinski definition) is 3. The molecule has 0 fully saturated rings. The lowest BCUT2D eigenvalue weighted by Gasteiger charge is -2.35. The molecule has 0 radical (unpaired) electrons. The number of carbonyl (C=O) groups excluding carboxylic acids is 2. The van der Waals surface area contributed by atoms with Crippen LogP contribution in [0.3, 0.4) is 0 Å². The molecule has 0 heterocycles. The van der Waals surface area contributed by atoms with Gasteiger partial charge in [-0.1, -0.05) is 64.4 Å². The lowest BCUT2D eigenvalue weighted by molar-refractivity contribution is -0.142. The van der Waals surface area contributed by atoms with Crippen molar-refractivity contribution in [2.75, 3.05) is 24.3 Å². The summed E-state index contributed by atoms with van der Waals surface area (Å²) in [6, 6.07) is 16.0. The average molecular weight is 438 g/mol. The van der Waals surface area contributed by atoms with Crippen molar-refractivity contribution in [1.29, 1.82) is 0 Å². The van der Waals surface area contributed by atoms with E-state index >= 15 is 0 Å². The molecule has 0 saturated carbocycles. The SMILES string of the molecule is CCCCC(=O)Nc1ccc(N(C)C)c(CN(C(=O)C(C)(C)C)[C@H](C)c2ccccc2)c1. The van der Waals surface area contributed by atoms with E-state index in [0.717, 1.165) is 35.3 Å². The quantitative estimate of drug-likeness (QED) is 0.522. The molecule has 0 unspecified atom stereocenters. The van der Waals surface area contributed by atoms with Crippen molar-refractivity contribution in [3.05, 3.63) is 59.7 Å². The number of carbonyl (C=O) groups is 2. The highest BCUT2D eigenvalue weighted by atomic mass is 16.2. The second-order valence-electron chi connectivity index (χ2n) is 9.66. The first kappa shape index (κ1) is 25.4. The maximum Gasteiger partial charge on any atom is 0.228 e. The predicted molar refractivity (Wildman–Crippen MR) is 134 cm³/mol. The van der Waals surface area contributed by atoms with Crippen LogP contribution in [0.25, 0.3) is 0 Å². The molecule has 32 heavy (non-hydrogen) atoms. The first-order chi connectivity index (χ1) is 15.0. The molecule has 2 aromatic carbocycles. The molecule has 1 atom stereocenters. The predicted octanol–water partition coefficient (Wildman–Crippen LogP) is 6.02. The van der Waals surface area contributed by atoms with E-state index in [1.807, 2.05) is 81.1 Å². The molecular weight excluding hydrogens is 398 g/mol. The van der Waals surface area contributed by atoms with E-state index in [2.05, 4.69) is 31.3 Å². The van der Waals surface area contributed by atoms with E-state index in [1.54, 1.807) is 0 Å². The summed E-state index contributed by atoms with van der Waals surface area (Å²) in [5, 5.41) is 3.02. The minimum absolute atomic E-state index is 0.0238. The zero-order valence-corrected chi connectivity index (χ0v) is 20.7. The van der Waals surface area contributed by atoms with Gasteiger partial charge >= 0.3 is 0 Å². The zero-order valence-electron chi connectivity index (χ0n) is 20.7. The van der Waals surface area contributed by atoms with E-state index in [4.69, 9.17) is 0 Å². The topological polar surface area (TPSA) is 52.7 Å². The van der Waals surface area contributed by atoms with E-state index in [0.29, 0.717) is 13.0 Å². The third-order valence-electron chi connectivity index (χ3n) is 5.60. The molecule has 0 bridgehead atoms. The van der Waals surface area contributed by atoms with Crippen LogP contribution in [-0.4, -0.2) is 30.8 Å². The van der Waals surface area contributed by atoms with Crippen molar-refractivity contribution in [3.63, 3.8) is 0 Å². The summed E-state index contributed by atoms with van der Waals surface area (Å²) in [6.07, 6.45) is 2.37. The van der Waals surface area contributed by atoms with Gasteiger partial charge in [-0.05, 0) is 42.7 Å². The molecule has 0 saturated heterocycles. The second kappa shape index (κ2) is 11.2. The molecule has 2 rings (SSSR count). The van der Waals surface area contributed by atoms with Crippen molar-refractivity contribution in [2.45, 2.75) is 66.5 Å². The third-order valence-corrected chi connectivity index (χ3v) is 5.60. The lowest BCUT2D eigenvalue weighted by atomic mass is 9.92. The van der Waals surface area contributed by atoms with Gasteiger partial charge in [0.2, 0.25) is 11.8 Å². The monoisotopic (exact) mass is 437 g/mol. The van der Waals surface area contributed by atoms with E-state index < -0.39 is 5.41 Å². The molecule has 0 aliphatic heterocycles. The first-order valence-electron chi connectivity index (χ1n) is 11.5. The fourth-order valence-corrected chi connectivity index (χ4v) is 3.70. The maximum atomic E-state index is 13.5. The van der Waals surface area contributed by atoms with E-state index in [1.165, 1.54) is 0 Å². The largest absolute Gasteiger partial charge is 0.377 e. The molecule has 174 valence electrons. The van der Waals surface area contributed by atoms with Gasteiger partial charge < -0.3 is 15.1 Å². The van der Waals surface area contributed by atoms with Crippen molar-refractivity contribution in [1.82, 2.24) is 4.90 Å². The number of hydrogen-bond donors (Lipinski definition) is 1. The molecule has 0 aliphatic rings. The Morgan fingerprint density at radius 2 is 1.69 bits per heavy atom. The lowest BCUT2D eigenvalue weighted by Crippen LogP contribution is -2.40. The number of unbranched alkanes of at least 4 members (excludes halogenated alkanes) is 1. The molecule has 2 amide bonds. The minimum Gasteiger partial charge on any atom is -0.377 e. The van der Waals surface area contributed by atoms with Gasteiger partial charge in [-0.25, -0.2) is 0 Å². The van der Waals surface area contributed by atoms with Crippen LogP contribution in [-0.2, 0) is 16.1 Å². The molecule has 0 aromatic heterocycles. The Hall–Kier alpha value is -2.82. The number of anilines is 2. The Balaban J connectivity index is 2.42. The summed E-state index contributed by atoms with van der Waals surface area (Å²) >= 11 is 0. The molecule has 1 N–H and O–H groups in total. The molecule has 5 nitrogen and oxygen atoms in total. The van der Waals surface area contributed by atoms with Gasteiger partial charge in [-0.2, -0.15) is 0 Å². The maximum absolute atomic E-state index is 13.5. The Kier molecular flexibility index (Phi) is 8.88. The van der Waals surface area contributed by atoms with Crippen LogP contribution in [0, 0.1) is 5.41 Å². The summed E-state index contributed by atoms with van der Waals surface area (Å²) in [5.41, 5.74) is 3.39. The van der Waals surface area contributed by atoms with Gasteiger partial charge in [0.1, 0.15) is 0 Å². The van der Waals surface area contributed by atoms with Gasteiger partial charge in [-0.3, -0.25) is 9.59 Å². The third kappa shape index (κ3) is 6.84. The van der Waals surface area contributed by atoms with Crippen LogP contribution >= 0.6 is 0 Å². The van der Waals surface area contributed by atoms with E-state index in [-0.39, 0.29) is 17.9 Å². The molecule has 0 aliphatic carbocycles. The summed E-state index contributed by atoms with van der Waals surface area (Å²) in [5.74, 6) is 0.117. The average Bonchev–Trinajstić information content (AvgIpc) is 2.75. The minimum atomic E-state index is -0.507. The van der Waals surface area contributed by atoms with Crippen LogP contribution < -0.4 is 10.2 Å². The van der Waals surface area contributed by atoms with Gasteiger partial charge in [0, 0.05) is 43.9 Å². The van der Waals surface area contributed by atoms with Crippen molar-refractivity contribution in [3.8, 4) is 0 Å². The molecule has 5 heteroatoms. The number of rotatable bonds is 9. The van der Waals surface area contributed by atoms with Crippen LogP contribution in [0.2, 0.25) is 0 Å². The van der Waals surface area contributed by atoms with Crippen molar-refractivity contribution in [2.24, 2.45) is 5.41 Å². The zero-order chi connectivity index (χ0) is 23.9. The van der Waals surface area contributed by atoms with Gasteiger partial charge in [0.05, 0.1) is 6.04 Å². The van der Waals surface area contributed by atoms with Crippen molar-refractivity contribution >= 4 is 23.2 Å². The van der Waals surface area contributed by atoms with Crippen LogP contribution in [0.4, 0.5) is 11.4 Å². The molecular formula is C27H39N3O2. The highest BCUT2D eigenvalue weighted by Crippen LogP contribution is 2.32. The summed E-state index contributed by atoms with van der Waals surface area (Å²) in [6.45, 7) is 10.5. The Bertz CT molecular complexity index is 901. The summed E-state index contributed by atoms with van der Waals surface area (Å²) < 4.78 is 0. The number of benzene rings is 2. The van der Waals surface area contributed by atoms with Crippen LogP contribution in [0.15, 0.2) is 48.5 Å². The van der Waals surface area contributed by atoms with Gasteiger partial charge in [-0.15, -0.1) is 0 Å². The van der Waals surface area contributed by atoms with Gasteiger partial charge in [0.15, 0.2) is 0 Å². The number of nitrogens with one attached hydrogen (secondary N) is 1. The Morgan fingerprint density at radius 3 is 2.25 bits per heavy atom. The second-order valence-corrected chi connectivity index (χ2v) is 9.66. The normalized spacial score (nSPS) is 12.2. The Morgan fingerprint density at radius 1 is 1.03 bits per heavy atom. The standard InChI is InChI=1S/C27H39N3O2/c1-8-9-15-25(31)28-23-16-17-24(29(6)7)22(18-23)19-30(26(32)27(3,4)5)20(2)21-13-11-10-12-14-21/h10-14,16-18,20H,8-9,15,19H2,1-7H3,(H,28,31)/t20-/m1/s1.